The summed E-state index contributed by atoms with van der Waals surface area (Å²) >= 11 is 1.61. The Morgan fingerprint density at radius 2 is 1.94 bits per heavy atom. The zero-order chi connectivity index (χ0) is 14.0. The van der Waals surface area contributed by atoms with Crippen molar-refractivity contribution in [2.24, 2.45) is 5.92 Å². The molecule has 0 unspecified atom stereocenters. The SMILES string of the molecule is CCOC(=O)[C@H](CCSC)NC(=O)OCC(C)C. The van der Waals surface area contributed by atoms with Gasteiger partial charge >= 0.3 is 12.1 Å². The number of ether oxygens (including phenoxy) is 2. The molecule has 6 heteroatoms. The minimum absolute atomic E-state index is 0.267. The van der Waals surface area contributed by atoms with Crippen LogP contribution < -0.4 is 5.32 Å². The van der Waals surface area contributed by atoms with Crippen molar-refractivity contribution in [2.45, 2.75) is 33.2 Å². The van der Waals surface area contributed by atoms with E-state index in [0.717, 1.165) is 5.75 Å². The van der Waals surface area contributed by atoms with E-state index in [2.05, 4.69) is 5.32 Å². The molecule has 0 spiro atoms. The molecular weight excluding hydrogens is 254 g/mol. The predicted molar refractivity (Wildman–Crippen MR) is 72.7 cm³/mol. The first kappa shape index (κ1) is 17.1. The fraction of sp³-hybridized carbons (Fsp3) is 0.833. The minimum Gasteiger partial charge on any atom is -0.464 e. The molecule has 0 rings (SSSR count). The molecule has 1 amide bonds. The molecule has 5 nitrogen and oxygen atoms in total. The molecule has 0 aliphatic carbocycles. The van der Waals surface area contributed by atoms with Crippen LogP contribution in [0.1, 0.15) is 27.2 Å². The Morgan fingerprint density at radius 3 is 2.44 bits per heavy atom. The number of nitrogens with one attached hydrogen (secondary N) is 1. The summed E-state index contributed by atoms with van der Waals surface area (Å²) in [6.45, 7) is 6.27. The van der Waals surface area contributed by atoms with Crippen molar-refractivity contribution in [3.63, 3.8) is 0 Å². The lowest BCUT2D eigenvalue weighted by molar-refractivity contribution is -0.145. The average molecular weight is 277 g/mol. The van der Waals surface area contributed by atoms with E-state index in [4.69, 9.17) is 9.47 Å². The van der Waals surface area contributed by atoms with Crippen LogP contribution in [-0.2, 0) is 14.3 Å². The molecule has 0 radical (unpaired) electrons. The van der Waals surface area contributed by atoms with Gasteiger partial charge in [0, 0.05) is 0 Å². The summed E-state index contributed by atoms with van der Waals surface area (Å²) in [5.74, 6) is 0.629. The Labute approximate surface area is 113 Å². The number of amides is 1. The smallest absolute Gasteiger partial charge is 0.407 e. The van der Waals surface area contributed by atoms with E-state index in [-0.39, 0.29) is 5.92 Å². The molecule has 1 N–H and O–H groups in total. The van der Waals surface area contributed by atoms with Crippen molar-refractivity contribution in [1.29, 1.82) is 0 Å². The van der Waals surface area contributed by atoms with E-state index in [1.807, 2.05) is 20.1 Å². The summed E-state index contributed by atoms with van der Waals surface area (Å²) in [5.41, 5.74) is 0. The first-order chi connectivity index (χ1) is 8.51. The zero-order valence-corrected chi connectivity index (χ0v) is 12.3. The van der Waals surface area contributed by atoms with Crippen LogP contribution in [0.4, 0.5) is 4.79 Å². The number of hydrogen-bond donors (Lipinski definition) is 1. The lowest BCUT2D eigenvalue weighted by Gasteiger charge is -2.17. The monoisotopic (exact) mass is 277 g/mol. The second-order valence-corrected chi connectivity index (χ2v) is 5.21. The van der Waals surface area contributed by atoms with Crippen LogP contribution in [0.5, 0.6) is 0 Å². The highest BCUT2D eigenvalue weighted by Crippen LogP contribution is 2.03. The van der Waals surface area contributed by atoms with E-state index in [9.17, 15) is 9.59 Å². The third kappa shape index (κ3) is 8.22. The quantitative estimate of drug-likeness (QED) is 0.688. The molecule has 0 aliphatic heterocycles. The lowest BCUT2D eigenvalue weighted by atomic mass is 10.2. The van der Waals surface area contributed by atoms with Crippen LogP contribution in [0.25, 0.3) is 0 Å². The van der Waals surface area contributed by atoms with Gasteiger partial charge in [0.15, 0.2) is 0 Å². The Hall–Kier alpha value is -0.910. The molecule has 106 valence electrons. The molecule has 0 fully saturated rings. The summed E-state index contributed by atoms with van der Waals surface area (Å²) in [5, 5.41) is 2.54. The highest BCUT2D eigenvalue weighted by atomic mass is 32.2. The lowest BCUT2D eigenvalue weighted by Crippen LogP contribution is -2.42. The fourth-order valence-electron chi connectivity index (χ4n) is 1.15. The third-order valence-electron chi connectivity index (χ3n) is 2.02. The molecule has 0 aromatic rings. The normalized spacial score (nSPS) is 12.1. The Kier molecular flexibility index (Phi) is 9.55. The van der Waals surface area contributed by atoms with E-state index in [0.29, 0.717) is 19.6 Å². The van der Waals surface area contributed by atoms with Crippen molar-refractivity contribution < 1.29 is 19.1 Å². The third-order valence-corrected chi connectivity index (χ3v) is 2.67. The number of thioether (sulfide) groups is 1. The Morgan fingerprint density at radius 1 is 1.28 bits per heavy atom. The van der Waals surface area contributed by atoms with E-state index >= 15 is 0 Å². The standard InChI is InChI=1S/C12H23NO4S/c1-5-16-11(14)10(6-7-18-4)13-12(15)17-8-9(2)3/h9-10H,5-8H2,1-4H3,(H,13,15)/t10-/m0/s1. The van der Waals surface area contributed by atoms with Gasteiger partial charge in [-0.25, -0.2) is 9.59 Å². The molecule has 0 saturated carbocycles. The first-order valence-electron chi connectivity index (χ1n) is 6.10. The minimum atomic E-state index is -0.628. The number of carbonyl (C=O) groups excluding carboxylic acids is 2. The van der Waals surface area contributed by atoms with Crippen LogP contribution in [0, 0.1) is 5.92 Å². The number of carbonyl (C=O) groups is 2. The maximum atomic E-state index is 11.6. The Bertz CT molecular complexity index is 258. The van der Waals surface area contributed by atoms with Crippen LogP contribution in [-0.4, -0.2) is 43.3 Å². The van der Waals surface area contributed by atoms with Crippen molar-refractivity contribution in [3.05, 3.63) is 0 Å². The van der Waals surface area contributed by atoms with Gasteiger partial charge in [0.1, 0.15) is 6.04 Å². The molecule has 0 heterocycles. The first-order valence-corrected chi connectivity index (χ1v) is 7.49. The van der Waals surface area contributed by atoms with Gasteiger partial charge in [0.25, 0.3) is 0 Å². The topological polar surface area (TPSA) is 64.6 Å². The number of hydrogen-bond acceptors (Lipinski definition) is 5. The van der Waals surface area contributed by atoms with Gasteiger partial charge in [0.2, 0.25) is 0 Å². The second-order valence-electron chi connectivity index (χ2n) is 4.22. The van der Waals surface area contributed by atoms with Crippen LogP contribution >= 0.6 is 11.8 Å². The summed E-state index contributed by atoms with van der Waals surface area (Å²) in [6.07, 6.45) is 1.92. The molecule has 18 heavy (non-hydrogen) atoms. The summed E-state index contributed by atoms with van der Waals surface area (Å²) in [7, 11) is 0. The molecule has 0 aliphatic rings. The maximum Gasteiger partial charge on any atom is 0.407 e. The maximum absolute atomic E-state index is 11.6. The molecule has 0 aromatic heterocycles. The van der Waals surface area contributed by atoms with E-state index in [1.165, 1.54) is 0 Å². The summed E-state index contributed by atoms with van der Waals surface area (Å²) < 4.78 is 9.89. The average Bonchev–Trinajstić information content (AvgIpc) is 2.32. The number of esters is 1. The number of alkyl carbamates (subject to hydrolysis) is 1. The van der Waals surface area contributed by atoms with Gasteiger partial charge in [-0.15, -0.1) is 0 Å². The largest absolute Gasteiger partial charge is 0.464 e. The highest BCUT2D eigenvalue weighted by molar-refractivity contribution is 7.98. The van der Waals surface area contributed by atoms with Gasteiger partial charge in [-0.1, -0.05) is 13.8 Å². The summed E-state index contributed by atoms with van der Waals surface area (Å²) in [6, 6.07) is -0.628. The predicted octanol–water partition coefficient (Wildman–Crippen LogP) is 2.05. The number of rotatable bonds is 8. The van der Waals surface area contributed by atoms with E-state index in [1.54, 1.807) is 18.7 Å². The Balaban J connectivity index is 4.21. The van der Waals surface area contributed by atoms with Crippen LogP contribution in [0.15, 0.2) is 0 Å². The van der Waals surface area contributed by atoms with Gasteiger partial charge in [0.05, 0.1) is 13.2 Å². The summed E-state index contributed by atoms with van der Waals surface area (Å²) in [4.78, 5) is 23.1. The van der Waals surface area contributed by atoms with Gasteiger partial charge in [-0.2, -0.15) is 11.8 Å². The van der Waals surface area contributed by atoms with Crippen molar-refractivity contribution in [2.75, 3.05) is 25.2 Å². The molecular formula is C12H23NO4S. The van der Waals surface area contributed by atoms with Gasteiger partial charge in [-0.05, 0) is 31.3 Å². The van der Waals surface area contributed by atoms with Crippen molar-refractivity contribution >= 4 is 23.8 Å². The van der Waals surface area contributed by atoms with Gasteiger partial charge < -0.3 is 14.8 Å². The van der Waals surface area contributed by atoms with Crippen LogP contribution in [0.3, 0.4) is 0 Å². The fourth-order valence-corrected chi connectivity index (χ4v) is 1.63. The van der Waals surface area contributed by atoms with E-state index < -0.39 is 18.1 Å². The van der Waals surface area contributed by atoms with Crippen molar-refractivity contribution in [1.82, 2.24) is 5.32 Å². The molecule has 0 aromatic carbocycles. The molecule has 1 atom stereocenters. The van der Waals surface area contributed by atoms with Crippen LogP contribution in [0.2, 0.25) is 0 Å². The van der Waals surface area contributed by atoms with Crippen molar-refractivity contribution in [3.8, 4) is 0 Å². The molecule has 0 saturated heterocycles. The highest BCUT2D eigenvalue weighted by Gasteiger charge is 2.22. The molecule has 0 bridgehead atoms. The van der Waals surface area contributed by atoms with Gasteiger partial charge in [-0.3, -0.25) is 0 Å². The zero-order valence-electron chi connectivity index (χ0n) is 11.5. The second kappa shape index (κ2) is 10.1.